The lowest BCUT2D eigenvalue weighted by atomic mass is 10.0. The molecule has 1 N–H and O–H groups in total. The van der Waals surface area contributed by atoms with Crippen LogP contribution in [0.3, 0.4) is 0 Å². The van der Waals surface area contributed by atoms with Crippen LogP contribution >= 0.6 is 0 Å². The zero-order valence-corrected chi connectivity index (χ0v) is 12.3. The molecule has 21 heavy (non-hydrogen) atoms. The van der Waals surface area contributed by atoms with E-state index >= 15 is 0 Å². The highest BCUT2D eigenvalue weighted by Crippen LogP contribution is 2.24. The molecule has 0 aliphatic carbocycles. The Labute approximate surface area is 125 Å². The summed E-state index contributed by atoms with van der Waals surface area (Å²) in [7, 11) is 0. The second-order valence-electron chi connectivity index (χ2n) is 5.50. The van der Waals surface area contributed by atoms with Crippen molar-refractivity contribution in [2.24, 2.45) is 5.92 Å². The second-order valence-corrected chi connectivity index (χ2v) is 5.50. The Hall–Kier alpha value is -2.00. The molecular formula is C18H21NO2. The van der Waals surface area contributed by atoms with Crippen molar-refractivity contribution in [3.8, 4) is 11.5 Å². The van der Waals surface area contributed by atoms with Crippen molar-refractivity contribution in [1.29, 1.82) is 0 Å². The van der Waals surface area contributed by atoms with Gasteiger partial charge in [-0.25, -0.2) is 0 Å². The maximum atomic E-state index is 5.79. The van der Waals surface area contributed by atoms with Gasteiger partial charge < -0.3 is 14.8 Å². The Morgan fingerprint density at radius 3 is 2.43 bits per heavy atom. The van der Waals surface area contributed by atoms with Crippen LogP contribution in [0.25, 0.3) is 0 Å². The number of ether oxygens (including phenoxy) is 2. The maximum absolute atomic E-state index is 5.79. The van der Waals surface area contributed by atoms with Gasteiger partial charge in [-0.15, -0.1) is 0 Å². The Bertz CT molecular complexity index is 547. The van der Waals surface area contributed by atoms with Crippen LogP contribution in [-0.4, -0.2) is 19.3 Å². The third-order valence-electron chi connectivity index (χ3n) is 3.90. The first-order valence-corrected chi connectivity index (χ1v) is 7.48. The van der Waals surface area contributed by atoms with Crippen molar-refractivity contribution in [2.45, 2.75) is 19.4 Å². The summed E-state index contributed by atoms with van der Waals surface area (Å²) < 4.78 is 11.2. The van der Waals surface area contributed by atoms with Gasteiger partial charge in [-0.2, -0.15) is 0 Å². The standard InChI is InChI=1S/C18H21NO2/c1-14(15-11-12-20-13-15)19-16-7-9-18(10-8-16)21-17-5-3-2-4-6-17/h2-10,14-15,19H,11-13H2,1H3. The molecule has 1 aliphatic heterocycles. The molecular weight excluding hydrogens is 262 g/mol. The molecule has 0 aromatic heterocycles. The predicted molar refractivity (Wildman–Crippen MR) is 85.0 cm³/mol. The summed E-state index contributed by atoms with van der Waals surface area (Å²) in [5.41, 5.74) is 1.12. The predicted octanol–water partition coefficient (Wildman–Crippen LogP) is 4.32. The van der Waals surface area contributed by atoms with Crippen molar-refractivity contribution in [3.63, 3.8) is 0 Å². The van der Waals surface area contributed by atoms with Gasteiger partial charge in [0.2, 0.25) is 0 Å². The Morgan fingerprint density at radius 2 is 1.76 bits per heavy atom. The lowest BCUT2D eigenvalue weighted by Gasteiger charge is -2.20. The first-order valence-electron chi connectivity index (χ1n) is 7.48. The molecule has 1 saturated heterocycles. The van der Waals surface area contributed by atoms with Gasteiger partial charge in [0, 0.05) is 24.3 Å². The van der Waals surface area contributed by atoms with Crippen LogP contribution in [0, 0.1) is 5.92 Å². The van der Waals surface area contributed by atoms with Crippen LogP contribution in [0.2, 0.25) is 0 Å². The Kier molecular flexibility index (Phi) is 4.41. The quantitative estimate of drug-likeness (QED) is 0.886. The maximum Gasteiger partial charge on any atom is 0.127 e. The van der Waals surface area contributed by atoms with E-state index in [1.807, 2.05) is 42.5 Å². The van der Waals surface area contributed by atoms with E-state index in [0.717, 1.165) is 36.8 Å². The number of rotatable bonds is 5. The number of hydrogen-bond acceptors (Lipinski definition) is 3. The fourth-order valence-corrected chi connectivity index (χ4v) is 2.57. The molecule has 0 saturated carbocycles. The highest BCUT2D eigenvalue weighted by molar-refractivity contribution is 5.47. The van der Waals surface area contributed by atoms with Gasteiger partial charge in [0.15, 0.2) is 0 Å². The lowest BCUT2D eigenvalue weighted by molar-refractivity contribution is 0.183. The van der Waals surface area contributed by atoms with Crippen LogP contribution in [0.1, 0.15) is 13.3 Å². The Morgan fingerprint density at radius 1 is 1.05 bits per heavy atom. The van der Waals surface area contributed by atoms with E-state index < -0.39 is 0 Å². The third kappa shape index (κ3) is 3.76. The van der Waals surface area contributed by atoms with Crippen LogP contribution in [-0.2, 0) is 4.74 Å². The van der Waals surface area contributed by atoms with E-state index in [2.05, 4.69) is 24.4 Å². The smallest absolute Gasteiger partial charge is 0.127 e. The number of nitrogens with one attached hydrogen (secondary N) is 1. The van der Waals surface area contributed by atoms with Gasteiger partial charge in [-0.1, -0.05) is 18.2 Å². The molecule has 1 aliphatic rings. The van der Waals surface area contributed by atoms with Crippen LogP contribution in [0.15, 0.2) is 54.6 Å². The molecule has 1 heterocycles. The average Bonchev–Trinajstić information content (AvgIpc) is 3.05. The fraction of sp³-hybridized carbons (Fsp3) is 0.333. The molecule has 110 valence electrons. The molecule has 3 rings (SSSR count). The molecule has 3 nitrogen and oxygen atoms in total. The highest BCUT2D eigenvalue weighted by Gasteiger charge is 2.21. The molecule has 3 heteroatoms. The van der Waals surface area contributed by atoms with Gasteiger partial charge >= 0.3 is 0 Å². The van der Waals surface area contributed by atoms with Crippen LogP contribution in [0.5, 0.6) is 11.5 Å². The minimum absolute atomic E-state index is 0.424. The molecule has 2 aromatic carbocycles. The molecule has 0 amide bonds. The lowest BCUT2D eigenvalue weighted by Crippen LogP contribution is -2.25. The van der Waals surface area contributed by atoms with Crippen molar-refractivity contribution in [3.05, 3.63) is 54.6 Å². The molecule has 0 radical (unpaired) electrons. The topological polar surface area (TPSA) is 30.5 Å². The SMILES string of the molecule is CC(Nc1ccc(Oc2ccccc2)cc1)C1CCOC1. The van der Waals surface area contributed by atoms with Crippen molar-refractivity contribution in [2.75, 3.05) is 18.5 Å². The van der Waals surface area contributed by atoms with E-state index in [4.69, 9.17) is 9.47 Å². The largest absolute Gasteiger partial charge is 0.457 e. The zero-order valence-electron chi connectivity index (χ0n) is 12.3. The van der Waals surface area contributed by atoms with Crippen molar-refractivity contribution >= 4 is 5.69 Å². The number of benzene rings is 2. The molecule has 2 aromatic rings. The first-order chi connectivity index (χ1) is 10.3. The summed E-state index contributed by atoms with van der Waals surface area (Å²) in [5.74, 6) is 2.31. The van der Waals surface area contributed by atoms with E-state index in [1.165, 1.54) is 0 Å². The molecule has 1 fully saturated rings. The molecule has 2 atom stereocenters. The van der Waals surface area contributed by atoms with Gasteiger partial charge in [0.1, 0.15) is 11.5 Å². The highest BCUT2D eigenvalue weighted by atomic mass is 16.5. The summed E-state index contributed by atoms with van der Waals surface area (Å²) in [4.78, 5) is 0. The van der Waals surface area contributed by atoms with Gasteiger partial charge in [0.05, 0.1) is 6.61 Å². The van der Waals surface area contributed by atoms with Crippen molar-refractivity contribution < 1.29 is 9.47 Å². The summed E-state index contributed by atoms with van der Waals surface area (Å²) in [5, 5.41) is 3.54. The second kappa shape index (κ2) is 6.64. The van der Waals surface area contributed by atoms with E-state index in [1.54, 1.807) is 0 Å². The molecule has 0 bridgehead atoms. The fourth-order valence-electron chi connectivity index (χ4n) is 2.57. The molecule has 0 spiro atoms. The van der Waals surface area contributed by atoms with Crippen LogP contribution < -0.4 is 10.1 Å². The third-order valence-corrected chi connectivity index (χ3v) is 3.90. The summed E-state index contributed by atoms with van der Waals surface area (Å²) in [6.07, 6.45) is 1.14. The summed E-state index contributed by atoms with van der Waals surface area (Å²) in [6, 6.07) is 18.4. The number of para-hydroxylation sites is 1. The first kappa shape index (κ1) is 14.0. The minimum Gasteiger partial charge on any atom is -0.457 e. The monoisotopic (exact) mass is 283 g/mol. The zero-order chi connectivity index (χ0) is 14.5. The van der Waals surface area contributed by atoms with E-state index in [9.17, 15) is 0 Å². The van der Waals surface area contributed by atoms with Crippen LogP contribution in [0.4, 0.5) is 5.69 Å². The molecule has 2 unspecified atom stereocenters. The number of hydrogen-bond donors (Lipinski definition) is 1. The van der Waals surface area contributed by atoms with Crippen molar-refractivity contribution in [1.82, 2.24) is 0 Å². The Balaban J connectivity index is 1.58. The van der Waals surface area contributed by atoms with Gasteiger partial charge in [0.25, 0.3) is 0 Å². The summed E-state index contributed by atoms with van der Waals surface area (Å²) >= 11 is 0. The average molecular weight is 283 g/mol. The van der Waals surface area contributed by atoms with Gasteiger partial charge in [-0.05, 0) is 49.7 Å². The van der Waals surface area contributed by atoms with E-state index in [-0.39, 0.29) is 0 Å². The van der Waals surface area contributed by atoms with Gasteiger partial charge in [-0.3, -0.25) is 0 Å². The number of anilines is 1. The minimum atomic E-state index is 0.424. The normalized spacial score (nSPS) is 19.2. The summed E-state index contributed by atoms with van der Waals surface area (Å²) in [6.45, 7) is 3.97. The van der Waals surface area contributed by atoms with E-state index in [0.29, 0.717) is 12.0 Å².